The molecule has 0 amide bonds. The SMILES string of the molecule is CCCC(C(N)C(C)C)C(O)N(C)C1CC=C2CC2C1. The highest BCUT2D eigenvalue weighted by Crippen LogP contribution is 2.46. The molecule has 3 N–H and O–H groups in total. The van der Waals surface area contributed by atoms with Crippen molar-refractivity contribution in [3.8, 4) is 0 Å². The molecular formula is C17H32N2O. The van der Waals surface area contributed by atoms with Crippen LogP contribution in [0.25, 0.3) is 0 Å². The molecule has 0 spiro atoms. The molecule has 0 aromatic rings. The Labute approximate surface area is 124 Å². The van der Waals surface area contributed by atoms with Crippen molar-refractivity contribution in [2.75, 3.05) is 7.05 Å². The standard InChI is InChI=1S/C17H32N2O/c1-5-6-15(16(18)11(2)3)17(20)19(4)14-8-7-12-9-13(12)10-14/h7,11,13-17,20H,5-6,8-10,18H2,1-4H3. The van der Waals surface area contributed by atoms with Crippen molar-refractivity contribution in [1.29, 1.82) is 0 Å². The number of aliphatic hydroxyl groups is 1. The molecule has 3 heteroatoms. The van der Waals surface area contributed by atoms with Gasteiger partial charge in [0.25, 0.3) is 0 Å². The van der Waals surface area contributed by atoms with E-state index in [1.165, 1.54) is 12.8 Å². The van der Waals surface area contributed by atoms with Gasteiger partial charge < -0.3 is 10.8 Å². The van der Waals surface area contributed by atoms with E-state index in [9.17, 15) is 5.11 Å². The third kappa shape index (κ3) is 3.44. The molecule has 0 aromatic heterocycles. The van der Waals surface area contributed by atoms with Gasteiger partial charge in [0.2, 0.25) is 0 Å². The summed E-state index contributed by atoms with van der Waals surface area (Å²) in [5.74, 6) is 1.40. The maximum Gasteiger partial charge on any atom is 0.111 e. The van der Waals surface area contributed by atoms with Crippen molar-refractivity contribution in [2.24, 2.45) is 23.5 Å². The molecule has 3 nitrogen and oxygen atoms in total. The van der Waals surface area contributed by atoms with E-state index >= 15 is 0 Å². The Balaban J connectivity index is 1.98. The average Bonchev–Trinajstić information content (AvgIpc) is 3.20. The lowest BCUT2D eigenvalue weighted by Crippen LogP contribution is -2.51. The first-order valence-electron chi connectivity index (χ1n) is 8.30. The zero-order valence-electron chi connectivity index (χ0n) is 13.5. The molecule has 2 aliphatic carbocycles. The zero-order valence-corrected chi connectivity index (χ0v) is 13.5. The Kier molecular flexibility index (Phi) is 5.27. The molecule has 5 unspecified atom stereocenters. The summed E-state index contributed by atoms with van der Waals surface area (Å²) in [7, 11) is 2.08. The third-order valence-corrected chi connectivity index (χ3v) is 5.32. The van der Waals surface area contributed by atoms with Crippen LogP contribution in [0.5, 0.6) is 0 Å². The molecule has 20 heavy (non-hydrogen) atoms. The van der Waals surface area contributed by atoms with Gasteiger partial charge in [-0.05, 0) is 44.6 Å². The lowest BCUT2D eigenvalue weighted by atomic mass is 9.85. The van der Waals surface area contributed by atoms with E-state index in [0.29, 0.717) is 12.0 Å². The summed E-state index contributed by atoms with van der Waals surface area (Å²) in [5, 5.41) is 10.8. The second-order valence-electron chi connectivity index (χ2n) is 7.16. The molecule has 2 rings (SSSR count). The Morgan fingerprint density at radius 1 is 1.45 bits per heavy atom. The summed E-state index contributed by atoms with van der Waals surface area (Å²) in [5.41, 5.74) is 8.00. The van der Waals surface area contributed by atoms with Gasteiger partial charge in [0.1, 0.15) is 6.23 Å². The smallest absolute Gasteiger partial charge is 0.111 e. The van der Waals surface area contributed by atoms with Crippen LogP contribution in [0.1, 0.15) is 52.9 Å². The van der Waals surface area contributed by atoms with Gasteiger partial charge in [-0.1, -0.05) is 38.8 Å². The van der Waals surface area contributed by atoms with Gasteiger partial charge in [0.15, 0.2) is 0 Å². The fourth-order valence-electron chi connectivity index (χ4n) is 3.64. The van der Waals surface area contributed by atoms with Crippen molar-refractivity contribution in [3.05, 3.63) is 11.6 Å². The third-order valence-electron chi connectivity index (χ3n) is 5.32. The van der Waals surface area contributed by atoms with Crippen LogP contribution in [0.2, 0.25) is 0 Å². The summed E-state index contributed by atoms with van der Waals surface area (Å²) < 4.78 is 0. The summed E-state index contributed by atoms with van der Waals surface area (Å²) in [4.78, 5) is 2.19. The highest BCUT2D eigenvalue weighted by atomic mass is 16.3. The average molecular weight is 280 g/mol. The quantitative estimate of drug-likeness (QED) is 0.557. The van der Waals surface area contributed by atoms with Crippen LogP contribution in [-0.2, 0) is 0 Å². The number of allylic oxidation sites excluding steroid dienone is 1. The molecule has 0 radical (unpaired) electrons. The summed E-state index contributed by atoms with van der Waals surface area (Å²) in [6.45, 7) is 6.48. The van der Waals surface area contributed by atoms with E-state index in [-0.39, 0.29) is 12.0 Å². The van der Waals surface area contributed by atoms with Crippen LogP contribution in [-0.4, -0.2) is 35.4 Å². The Bertz CT molecular complexity index is 353. The maximum absolute atomic E-state index is 10.8. The number of rotatable bonds is 7. The molecule has 0 bridgehead atoms. The number of fused-ring (bicyclic) bond motifs is 1. The van der Waals surface area contributed by atoms with Crippen molar-refractivity contribution in [1.82, 2.24) is 4.90 Å². The lowest BCUT2D eigenvalue weighted by molar-refractivity contribution is -0.0638. The van der Waals surface area contributed by atoms with Gasteiger partial charge in [0.05, 0.1) is 0 Å². The van der Waals surface area contributed by atoms with Gasteiger partial charge in [-0.25, -0.2) is 0 Å². The van der Waals surface area contributed by atoms with Crippen molar-refractivity contribution >= 4 is 0 Å². The summed E-state index contributed by atoms with van der Waals surface area (Å²) in [6.07, 6.45) is 7.66. The fourth-order valence-corrected chi connectivity index (χ4v) is 3.64. The first-order chi connectivity index (χ1) is 9.45. The van der Waals surface area contributed by atoms with Crippen molar-refractivity contribution in [3.63, 3.8) is 0 Å². The minimum atomic E-state index is -0.411. The molecule has 5 atom stereocenters. The molecule has 0 aliphatic heterocycles. The normalized spacial score (nSPS) is 29.9. The first-order valence-corrected chi connectivity index (χ1v) is 8.30. The Morgan fingerprint density at radius 2 is 2.15 bits per heavy atom. The predicted octanol–water partition coefficient (Wildman–Crippen LogP) is 2.74. The molecule has 0 heterocycles. The van der Waals surface area contributed by atoms with Crippen LogP contribution in [0.4, 0.5) is 0 Å². The molecule has 2 aliphatic rings. The number of nitrogens with zero attached hydrogens (tertiary/aromatic N) is 1. The van der Waals surface area contributed by atoms with Gasteiger partial charge in [0, 0.05) is 18.0 Å². The van der Waals surface area contributed by atoms with Crippen LogP contribution in [0.3, 0.4) is 0 Å². The highest BCUT2D eigenvalue weighted by molar-refractivity contribution is 5.27. The van der Waals surface area contributed by atoms with Crippen LogP contribution < -0.4 is 5.73 Å². The van der Waals surface area contributed by atoms with Crippen molar-refractivity contribution in [2.45, 2.75) is 71.2 Å². The second-order valence-corrected chi connectivity index (χ2v) is 7.16. The summed E-state index contributed by atoms with van der Waals surface area (Å²) >= 11 is 0. The van der Waals surface area contributed by atoms with E-state index < -0.39 is 6.23 Å². The van der Waals surface area contributed by atoms with E-state index in [1.54, 1.807) is 5.57 Å². The van der Waals surface area contributed by atoms with Crippen LogP contribution >= 0.6 is 0 Å². The van der Waals surface area contributed by atoms with Gasteiger partial charge in [-0.2, -0.15) is 0 Å². The summed E-state index contributed by atoms with van der Waals surface area (Å²) in [6, 6.07) is 0.558. The molecule has 0 saturated heterocycles. The lowest BCUT2D eigenvalue weighted by Gasteiger charge is -2.40. The largest absolute Gasteiger partial charge is 0.378 e. The Morgan fingerprint density at radius 3 is 2.70 bits per heavy atom. The predicted molar refractivity (Wildman–Crippen MR) is 84.2 cm³/mol. The van der Waals surface area contributed by atoms with E-state index in [2.05, 4.69) is 38.8 Å². The van der Waals surface area contributed by atoms with Gasteiger partial charge in [-0.15, -0.1) is 0 Å². The zero-order chi connectivity index (χ0) is 14.9. The van der Waals surface area contributed by atoms with Crippen molar-refractivity contribution < 1.29 is 5.11 Å². The molecule has 0 aromatic carbocycles. The number of hydrogen-bond acceptors (Lipinski definition) is 3. The van der Waals surface area contributed by atoms with E-state index in [1.807, 2.05) is 0 Å². The fraction of sp³-hybridized carbons (Fsp3) is 0.882. The molecule has 116 valence electrons. The number of hydrogen-bond donors (Lipinski definition) is 2. The van der Waals surface area contributed by atoms with Gasteiger partial charge >= 0.3 is 0 Å². The monoisotopic (exact) mass is 280 g/mol. The van der Waals surface area contributed by atoms with Gasteiger partial charge in [-0.3, -0.25) is 4.90 Å². The number of aliphatic hydroxyl groups excluding tert-OH is 1. The first kappa shape index (κ1) is 16.0. The number of nitrogens with two attached hydrogens (primary N) is 1. The van der Waals surface area contributed by atoms with Crippen LogP contribution in [0, 0.1) is 17.8 Å². The minimum absolute atomic E-state index is 0.0722. The van der Waals surface area contributed by atoms with Crippen LogP contribution in [0.15, 0.2) is 11.6 Å². The molecule has 1 saturated carbocycles. The molecular weight excluding hydrogens is 248 g/mol. The second kappa shape index (κ2) is 6.59. The highest BCUT2D eigenvalue weighted by Gasteiger charge is 2.39. The van der Waals surface area contributed by atoms with E-state index in [4.69, 9.17) is 5.73 Å². The minimum Gasteiger partial charge on any atom is -0.378 e. The molecule has 1 fully saturated rings. The Hall–Kier alpha value is -0.380. The van der Waals surface area contributed by atoms with E-state index in [0.717, 1.165) is 25.2 Å². The topological polar surface area (TPSA) is 49.5 Å². The maximum atomic E-state index is 10.8.